The van der Waals surface area contributed by atoms with Crippen LogP contribution in [0.2, 0.25) is 5.15 Å². The summed E-state index contributed by atoms with van der Waals surface area (Å²) >= 11 is 6.17. The fourth-order valence-corrected chi connectivity index (χ4v) is 4.56. The molecule has 0 unspecified atom stereocenters. The lowest BCUT2D eigenvalue weighted by Gasteiger charge is -2.11. The Balaban J connectivity index is 1.50. The number of hydrogen-bond acceptors (Lipinski definition) is 5. The zero-order valence-electron chi connectivity index (χ0n) is 16.5. The standard InChI is InChI=1S/C23H16ClN5O2S/c24-21-19(29-32(30,31)18-9-5-2-6-10-18)11-16(13-25-21)17-12-20-23(26-14-17)28-22(27-20)15-7-3-1-4-8-15/h1-14,29H,(H,26,27,28). The van der Waals surface area contributed by atoms with Crippen molar-refractivity contribution in [3.63, 3.8) is 0 Å². The molecule has 0 aliphatic carbocycles. The molecule has 0 atom stereocenters. The second-order valence-corrected chi connectivity index (χ2v) is 9.07. The molecule has 32 heavy (non-hydrogen) atoms. The third-order valence-corrected chi connectivity index (χ3v) is 6.54. The third-order valence-electron chi connectivity index (χ3n) is 4.85. The van der Waals surface area contributed by atoms with Gasteiger partial charge in [-0.3, -0.25) is 4.72 Å². The van der Waals surface area contributed by atoms with E-state index in [-0.39, 0.29) is 15.7 Å². The number of nitrogens with zero attached hydrogens (tertiary/aromatic N) is 3. The van der Waals surface area contributed by atoms with Gasteiger partial charge in [0.05, 0.1) is 16.1 Å². The van der Waals surface area contributed by atoms with Gasteiger partial charge >= 0.3 is 0 Å². The van der Waals surface area contributed by atoms with Gasteiger partial charge < -0.3 is 4.98 Å². The van der Waals surface area contributed by atoms with Crippen molar-refractivity contribution in [2.45, 2.75) is 4.90 Å². The van der Waals surface area contributed by atoms with Gasteiger partial charge in [-0.05, 0) is 24.3 Å². The molecule has 158 valence electrons. The van der Waals surface area contributed by atoms with E-state index in [1.54, 1.807) is 36.7 Å². The number of hydrogen-bond donors (Lipinski definition) is 2. The summed E-state index contributed by atoms with van der Waals surface area (Å²) in [4.78, 5) is 16.5. The summed E-state index contributed by atoms with van der Waals surface area (Å²) in [6.07, 6.45) is 3.23. The Kier molecular flexibility index (Phi) is 5.08. The van der Waals surface area contributed by atoms with E-state index in [9.17, 15) is 8.42 Å². The molecule has 5 rings (SSSR count). The number of benzene rings is 2. The van der Waals surface area contributed by atoms with E-state index >= 15 is 0 Å². The quantitative estimate of drug-likeness (QED) is 0.353. The summed E-state index contributed by atoms with van der Waals surface area (Å²) in [6, 6.07) is 21.4. The molecule has 9 heteroatoms. The number of fused-ring (bicyclic) bond motifs is 1. The lowest BCUT2D eigenvalue weighted by Crippen LogP contribution is -2.13. The minimum absolute atomic E-state index is 0.0511. The van der Waals surface area contributed by atoms with Gasteiger partial charge in [0, 0.05) is 29.1 Å². The average molecular weight is 462 g/mol. The fraction of sp³-hybridized carbons (Fsp3) is 0. The van der Waals surface area contributed by atoms with Gasteiger partial charge in [0.15, 0.2) is 10.8 Å². The monoisotopic (exact) mass is 461 g/mol. The van der Waals surface area contributed by atoms with Gasteiger partial charge in [0.25, 0.3) is 10.0 Å². The highest BCUT2D eigenvalue weighted by Crippen LogP contribution is 2.30. The largest absolute Gasteiger partial charge is 0.337 e. The van der Waals surface area contributed by atoms with Crippen LogP contribution in [-0.4, -0.2) is 28.4 Å². The van der Waals surface area contributed by atoms with Crippen molar-refractivity contribution in [1.82, 2.24) is 19.9 Å². The molecule has 0 spiro atoms. The lowest BCUT2D eigenvalue weighted by molar-refractivity contribution is 0.601. The second-order valence-electron chi connectivity index (χ2n) is 7.03. The first-order valence-electron chi connectivity index (χ1n) is 9.64. The van der Waals surface area contributed by atoms with E-state index in [2.05, 4.69) is 24.7 Å². The van der Waals surface area contributed by atoms with Gasteiger partial charge in [-0.15, -0.1) is 0 Å². The van der Waals surface area contributed by atoms with Gasteiger partial charge in [-0.2, -0.15) is 0 Å². The number of rotatable bonds is 5. The summed E-state index contributed by atoms with van der Waals surface area (Å²) < 4.78 is 27.9. The first-order chi connectivity index (χ1) is 15.5. The van der Waals surface area contributed by atoms with Gasteiger partial charge in [-0.1, -0.05) is 60.1 Å². The molecule has 0 saturated carbocycles. The maximum absolute atomic E-state index is 12.7. The summed E-state index contributed by atoms with van der Waals surface area (Å²) in [6.45, 7) is 0. The molecule has 2 N–H and O–H groups in total. The molecule has 0 amide bonds. The van der Waals surface area contributed by atoms with Crippen LogP contribution in [0.15, 0.2) is 90.1 Å². The van der Waals surface area contributed by atoms with Crippen molar-refractivity contribution in [2.24, 2.45) is 0 Å². The van der Waals surface area contributed by atoms with Crippen LogP contribution in [0.5, 0.6) is 0 Å². The zero-order valence-corrected chi connectivity index (χ0v) is 18.1. The highest BCUT2D eigenvalue weighted by molar-refractivity contribution is 7.92. The van der Waals surface area contributed by atoms with Crippen molar-refractivity contribution >= 4 is 38.5 Å². The molecular formula is C23H16ClN5O2S. The van der Waals surface area contributed by atoms with Crippen LogP contribution >= 0.6 is 11.6 Å². The number of H-pyrrole nitrogens is 1. The third kappa shape index (κ3) is 3.93. The van der Waals surface area contributed by atoms with E-state index < -0.39 is 10.0 Å². The summed E-state index contributed by atoms with van der Waals surface area (Å²) in [5.41, 5.74) is 3.87. The predicted octanol–water partition coefficient (Wildman–Crippen LogP) is 5.14. The minimum Gasteiger partial charge on any atom is -0.337 e. The first kappa shape index (κ1) is 20.2. The van der Waals surface area contributed by atoms with E-state index in [4.69, 9.17) is 11.6 Å². The number of aromatic nitrogens is 4. The van der Waals surface area contributed by atoms with Crippen LogP contribution < -0.4 is 4.72 Å². The Morgan fingerprint density at radius 2 is 1.47 bits per heavy atom. The summed E-state index contributed by atoms with van der Waals surface area (Å²) in [5, 5.41) is 0.0511. The molecule has 3 heterocycles. The average Bonchev–Trinajstić information content (AvgIpc) is 3.25. The fourth-order valence-electron chi connectivity index (χ4n) is 3.27. The number of nitrogens with one attached hydrogen (secondary N) is 2. The van der Waals surface area contributed by atoms with Gasteiger partial charge in [0.1, 0.15) is 5.82 Å². The molecule has 0 fully saturated rings. The zero-order chi connectivity index (χ0) is 22.1. The molecule has 0 saturated heterocycles. The van der Waals surface area contributed by atoms with Gasteiger partial charge in [-0.25, -0.2) is 23.4 Å². The van der Waals surface area contributed by atoms with Crippen molar-refractivity contribution in [3.05, 3.63) is 90.3 Å². The lowest BCUT2D eigenvalue weighted by atomic mass is 10.1. The van der Waals surface area contributed by atoms with E-state index in [0.717, 1.165) is 22.5 Å². The summed E-state index contributed by atoms with van der Waals surface area (Å²) in [5.74, 6) is 0.718. The van der Waals surface area contributed by atoms with Crippen LogP contribution in [0.25, 0.3) is 33.7 Å². The Morgan fingerprint density at radius 1 is 0.812 bits per heavy atom. The molecule has 0 bridgehead atoms. The van der Waals surface area contributed by atoms with Crippen LogP contribution in [-0.2, 0) is 10.0 Å². The maximum Gasteiger partial charge on any atom is 0.261 e. The van der Waals surface area contributed by atoms with Crippen molar-refractivity contribution in [3.8, 4) is 22.5 Å². The predicted molar refractivity (Wildman–Crippen MR) is 125 cm³/mol. The van der Waals surface area contributed by atoms with Crippen molar-refractivity contribution in [2.75, 3.05) is 4.72 Å². The topological polar surface area (TPSA) is 101 Å². The van der Waals surface area contributed by atoms with Crippen LogP contribution in [0.1, 0.15) is 0 Å². The number of aromatic amines is 1. The molecule has 3 aromatic heterocycles. The Hall–Kier alpha value is -3.75. The number of sulfonamides is 1. The van der Waals surface area contributed by atoms with Crippen molar-refractivity contribution in [1.29, 1.82) is 0 Å². The Bertz CT molecular complexity index is 1520. The maximum atomic E-state index is 12.7. The van der Waals surface area contributed by atoms with Crippen molar-refractivity contribution < 1.29 is 8.42 Å². The second kappa shape index (κ2) is 8.07. The van der Waals surface area contributed by atoms with Crippen LogP contribution in [0.3, 0.4) is 0 Å². The molecule has 2 aromatic carbocycles. The Labute approximate surface area is 189 Å². The number of anilines is 1. The molecule has 0 aliphatic rings. The number of pyridine rings is 2. The Morgan fingerprint density at radius 3 is 2.22 bits per heavy atom. The van der Waals surface area contributed by atoms with Crippen LogP contribution in [0.4, 0.5) is 5.69 Å². The highest BCUT2D eigenvalue weighted by atomic mass is 35.5. The molecular weight excluding hydrogens is 446 g/mol. The van der Waals surface area contributed by atoms with Crippen LogP contribution in [0, 0.1) is 0 Å². The first-order valence-corrected chi connectivity index (χ1v) is 11.5. The summed E-state index contributed by atoms with van der Waals surface area (Å²) in [7, 11) is -3.80. The SMILES string of the molecule is O=S(=O)(Nc1cc(-c2cnc3nc(-c4ccccc4)[nH]c3c2)cnc1Cl)c1ccccc1. The van der Waals surface area contributed by atoms with E-state index in [0.29, 0.717) is 11.2 Å². The normalized spacial score (nSPS) is 11.5. The number of imidazole rings is 1. The van der Waals surface area contributed by atoms with E-state index in [1.165, 1.54) is 12.1 Å². The molecule has 7 nitrogen and oxygen atoms in total. The molecule has 0 radical (unpaired) electrons. The molecule has 0 aliphatic heterocycles. The van der Waals surface area contributed by atoms with E-state index in [1.807, 2.05) is 36.4 Å². The minimum atomic E-state index is -3.80. The smallest absolute Gasteiger partial charge is 0.261 e. The van der Waals surface area contributed by atoms with Gasteiger partial charge in [0.2, 0.25) is 0 Å². The highest BCUT2D eigenvalue weighted by Gasteiger charge is 2.17. The number of halogens is 1. The molecule has 5 aromatic rings.